The molecule has 0 saturated carbocycles. The van der Waals surface area contributed by atoms with Crippen LogP contribution < -0.4 is 10.5 Å². The number of anilines is 1. The third-order valence-electron chi connectivity index (χ3n) is 2.15. The molecule has 0 aliphatic carbocycles. The smallest absolute Gasteiger partial charge is 0.130 e. The Kier molecular flexibility index (Phi) is 3.02. The summed E-state index contributed by atoms with van der Waals surface area (Å²) in [5.74, 6) is 1.42. The molecule has 2 nitrogen and oxygen atoms in total. The van der Waals surface area contributed by atoms with Crippen molar-refractivity contribution in [1.29, 1.82) is 0 Å². The maximum absolute atomic E-state index is 5.88. The molecule has 2 N–H and O–H groups in total. The van der Waals surface area contributed by atoms with Crippen molar-refractivity contribution in [2.75, 3.05) is 5.73 Å². The third-order valence-corrected chi connectivity index (χ3v) is 2.37. The van der Waals surface area contributed by atoms with Crippen molar-refractivity contribution >= 4 is 17.3 Å². The predicted octanol–water partition coefficient (Wildman–Crippen LogP) is 4.02. The normalized spacial score (nSPS) is 10.1. The standard InChI is InChI=1S/C13H12ClNO/c1-9-2-4-12(5-3-9)16-13-7-10(14)6-11(15)8-13/h2-8H,15H2,1H3. The predicted molar refractivity (Wildman–Crippen MR) is 67.1 cm³/mol. The molecule has 3 heteroatoms. The first-order valence-electron chi connectivity index (χ1n) is 4.94. The van der Waals surface area contributed by atoms with E-state index < -0.39 is 0 Å². The van der Waals surface area contributed by atoms with Crippen LogP contribution in [0.5, 0.6) is 11.5 Å². The average molecular weight is 234 g/mol. The van der Waals surface area contributed by atoms with Crippen molar-refractivity contribution in [2.24, 2.45) is 0 Å². The summed E-state index contributed by atoms with van der Waals surface area (Å²) in [4.78, 5) is 0. The third kappa shape index (κ3) is 2.67. The Bertz CT molecular complexity index is 474. The van der Waals surface area contributed by atoms with Gasteiger partial charge in [0.2, 0.25) is 0 Å². The van der Waals surface area contributed by atoms with Gasteiger partial charge in [0, 0.05) is 16.8 Å². The summed E-state index contributed by atoms with van der Waals surface area (Å²) < 4.78 is 5.63. The van der Waals surface area contributed by atoms with Gasteiger partial charge < -0.3 is 10.5 Å². The summed E-state index contributed by atoms with van der Waals surface area (Å²) in [6.45, 7) is 2.03. The lowest BCUT2D eigenvalue weighted by Crippen LogP contribution is -1.88. The Morgan fingerprint density at radius 1 is 1.00 bits per heavy atom. The van der Waals surface area contributed by atoms with Crippen molar-refractivity contribution in [2.45, 2.75) is 6.92 Å². The maximum atomic E-state index is 5.88. The van der Waals surface area contributed by atoms with Crippen LogP contribution in [-0.4, -0.2) is 0 Å². The molecule has 0 aliphatic heterocycles. The first kappa shape index (κ1) is 10.8. The number of ether oxygens (including phenoxy) is 1. The Morgan fingerprint density at radius 3 is 2.31 bits per heavy atom. The summed E-state index contributed by atoms with van der Waals surface area (Å²) in [6.07, 6.45) is 0. The van der Waals surface area contributed by atoms with Crippen molar-refractivity contribution in [3.05, 3.63) is 53.1 Å². The maximum Gasteiger partial charge on any atom is 0.130 e. The van der Waals surface area contributed by atoms with Crippen LogP contribution in [0.4, 0.5) is 5.69 Å². The van der Waals surface area contributed by atoms with E-state index in [4.69, 9.17) is 22.1 Å². The second-order valence-electron chi connectivity index (χ2n) is 3.64. The van der Waals surface area contributed by atoms with E-state index in [1.54, 1.807) is 18.2 Å². The topological polar surface area (TPSA) is 35.2 Å². The Balaban J connectivity index is 2.23. The number of hydrogen-bond acceptors (Lipinski definition) is 2. The van der Waals surface area contributed by atoms with Gasteiger partial charge in [-0.1, -0.05) is 29.3 Å². The highest BCUT2D eigenvalue weighted by Gasteiger charge is 2.00. The van der Waals surface area contributed by atoms with Crippen LogP contribution >= 0.6 is 11.6 Å². The van der Waals surface area contributed by atoms with Crippen molar-refractivity contribution in [1.82, 2.24) is 0 Å². The fraction of sp³-hybridized carbons (Fsp3) is 0.0769. The van der Waals surface area contributed by atoms with E-state index in [0.717, 1.165) is 5.75 Å². The summed E-state index contributed by atoms with van der Waals surface area (Å²) in [5, 5.41) is 0.571. The minimum Gasteiger partial charge on any atom is -0.457 e. The highest BCUT2D eigenvalue weighted by Crippen LogP contribution is 2.27. The number of nitrogen functional groups attached to an aromatic ring is 1. The van der Waals surface area contributed by atoms with Crippen LogP contribution in [0.1, 0.15) is 5.56 Å². The second-order valence-corrected chi connectivity index (χ2v) is 4.07. The quantitative estimate of drug-likeness (QED) is 0.795. The van der Waals surface area contributed by atoms with E-state index in [2.05, 4.69) is 0 Å². The van der Waals surface area contributed by atoms with E-state index >= 15 is 0 Å². The number of halogens is 1. The van der Waals surface area contributed by atoms with Gasteiger partial charge in [0.15, 0.2) is 0 Å². The Labute approximate surface area is 99.6 Å². The Morgan fingerprint density at radius 2 is 1.69 bits per heavy atom. The van der Waals surface area contributed by atoms with Crippen LogP contribution in [0.3, 0.4) is 0 Å². The molecule has 0 aliphatic rings. The van der Waals surface area contributed by atoms with Crippen molar-refractivity contribution in [3.63, 3.8) is 0 Å². The molecule has 2 rings (SSSR count). The second kappa shape index (κ2) is 4.45. The molecular weight excluding hydrogens is 222 g/mol. The van der Waals surface area contributed by atoms with Crippen LogP contribution in [0, 0.1) is 6.92 Å². The lowest BCUT2D eigenvalue weighted by molar-refractivity contribution is 0.483. The highest BCUT2D eigenvalue weighted by atomic mass is 35.5. The van der Waals surface area contributed by atoms with E-state index in [9.17, 15) is 0 Å². The molecule has 0 fully saturated rings. The van der Waals surface area contributed by atoms with Gasteiger partial charge in [-0.2, -0.15) is 0 Å². The van der Waals surface area contributed by atoms with Gasteiger partial charge in [0.05, 0.1) is 0 Å². The van der Waals surface area contributed by atoms with Gasteiger partial charge in [-0.3, -0.25) is 0 Å². The molecular formula is C13H12ClNO. The number of hydrogen-bond donors (Lipinski definition) is 1. The minimum absolute atomic E-state index is 0.571. The largest absolute Gasteiger partial charge is 0.457 e. The highest BCUT2D eigenvalue weighted by molar-refractivity contribution is 6.31. The molecule has 0 saturated heterocycles. The zero-order valence-electron chi connectivity index (χ0n) is 8.91. The fourth-order valence-electron chi connectivity index (χ4n) is 1.39. The summed E-state index contributed by atoms with van der Waals surface area (Å²) in [5.41, 5.74) is 7.46. The Hall–Kier alpha value is -1.67. The first-order valence-corrected chi connectivity index (χ1v) is 5.32. The molecule has 0 unspecified atom stereocenters. The van der Waals surface area contributed by atoms with Gasteiger partial charge in [0.1, 0.15) is 11.5 Å². The molecule has 0 radical (unpaired) electrons. The molecule has 16 heavy (non-hydrogen) atoms. The molecule has 0 bridgehead atoms. The molecule has 0 amide bonds. The van der Waals surface area contributed by atoms with E-state index in [1.165, 1.54) is 5.56 Å². The van der Waals surface area contributed by atoms with Crippen molar-refractivity contribution < 1.29 is 4.74 Å². The van der Waals surface area contributed by atoms with Crippen LogP contribution in [0.15, 0.2) is 42.5 Å². The lowest BCUT2D eigenvalue weighted by Gasteiger charge is -2.07. The lowest BCUT2D eigenvalue weighted by atomic mass is 10.2. The summed E-state index contributed by atoms with van der Waals surface area (Å²) >= 11 is 5.88. The number of nitrogens with two attached hydrogens (primary N) is 1. The zero-order chi connectivity index (χ0) is 11.5. The van der Waals surface area contributed by atoms with E-state index in [-0.39, 0.29) is 0 Å². The fourth-order valence-corrected chi connectivity index (χ4v) is 1.62. The van der Waals surface area contributed by atoms with Crippen LogP contribution in [-0.2, 0) is 0 Å². The van der Waals surface area contributed by atoms with Crippen LogP contribution in [0.25, 0.3) is 0 Å². The molecule has 2 aromatic carbocycles. The first-order chi connectivity index (χ1) is 7.63. The average Bonchev–Trinajstić information content (AvgIpc) is 2.20. The number of benzene rings is 2. The molecule has 2 aromatic rings. The van der Waals surface area contributed by atoms with Gasteiger partial charge >= 0.3 is 0 Å². The van der Waals surface area contributed by atoms with Gasteiger partial charge in [-0.25, -0.2) is 0 Å². The molecule has 82 valence electrons. The molecule has 0 heterocycles. The molecule has 0 atom stereocenters. The van der Waals surface area contributed by atoms with E-state index in [1.807, 2.05) is 31.2 Å². The minimum atomic E-state index is 0.571. The van der Waals surface area contributed by atoms with Crippen molar-refractivity contribution in [3.8, 4) is 11.5 Å². The number of aryl methyl sites for hydroxylation is 1. The van der Waals surface area contributed by atoms with Gasteiger partial charge in [0.25, 0.3) is 0 Å². The summed E-state index contributed by atoms with van der Waals surface area (Å²) in [6, 6.07) is 13.0. The number of rotatable bonds is 2. The molecule has 0 aromatic heterocycles. The SMILES string of the molecule is Cc1ccc(Oc2cc(N)cc(Cl)c2)cc1. The monoisotopic (exact) mass is 233 g/mol. The van der Waals surface area contributed by atoms with E-state index in [0.29, 0.717) is 16.5 Å². The van der Waals surface area contributed by atoms with Gasteiger partial charge in [-0.15, -0.1) is 0 Å². The molecule has 0 spiro atoms. The van der Waals surface area contributed by atoms with Gasteiger partial charge in [-0.05, 0) is 31.2 Å². The van der Waals surface area contributed by atoms with Crippen LogP contribution in [0.2, 0.25) is 5.02 Å². The zero-order valence-corrected chi connectivity index (χ0v) is 9.66. The summed E-state index contributed by atoms with van der Waals surface area (Å²) in [7, 11) is 0.